The largest absolute Gasteiger partial charge is 0.460 e. The van der Waals surface area contributed by atoms with Gasteiger partial charge < -0.3 is 8.83 Å². The van der Waals surface area contributed by atoms with Gasteiger partial charge >= 0.3 is 5.63 Å². The fraction of sp³-hybridized carbons (Fsp3) is 0. The van der Waals surface area contributed by atoms with E-state index >= 15 is 0 Å². The number of benzene rings is 1. The van der Waals surface area contributed by atoms with E-state index in [1.807, 2.05) is 0 Å². The van der Waals surface area contributed by atoms with Gasteiger partial charge in [0.05, 0.1) is 16.5 Å². The molecule has 0 fully saturated rings. The number of ketones is 2. The van der Waals surface area contributed by atoms with Gasteiger partial charge in [-0.15, -0.1) is 0 Å². The Morgan fingerprint density at radius 1 is 0.818 bits per heavy atom. The van der Waals surface area contributed by atoms with Crippen LogP contribution in [0.5, 0.6) is 0 Å². The fourth-order valence-electron chi connectivity index (χ4n) is 2.54. The Balaban J connectivity index is 2.28. The maximum Gasteiger partial charge on any atom is 0.344 e. The van der Waals surface area contributed by atoms with Crippen LogP contribution in [0.1, 0.15) is 20.7 Å². The lowest BCUT2D eigenvalue weighted by Gasteiger charge is -2.10. The van der Waals surface area contributed by atoms with Crippen LogP contribution >= 0.6 is 0 Å². The van der Waals surface area contributed by atoms with Crippen molar-refractivity contribution in [1.29, 1.82) is 0 Å². The van der Waals surface area contributed by atoms with E-state index in [0.29, 0.717) is 5.39 Å². The van der Waals surface area contributed by atoms with E-state index < -0.39 is 17.2 Å². The minimum Gasteiger partial charge on any atom is -0.460 e. The highest BCUT2D eigenvalue weighted by atomic mass is 16.4. The molecule has 4 rings (SSSR count). The van der Waals surface area contributed by atoms with E-state index in [4.69, 9.17) is 8.83 Å². The monoisotopic (exact) mass is 294 g/mol. The number of carbonyl (C=O) groups is 2. The molecule has 2 aromatic heterocycles. The lowest BCUT2D eigenvalue weighted by Crippen LogP contribution is -2.14. The Kier molecular flexibility index (Phi) is 2.33. The second-order valence-corrected chi connectivity index (χ2v) is 4.84. The first-order valence-electron chi connectivity index (χ1n) is 6.35. The summed E-state index contributed by atoms with van der Waals surface area (Å²) in [5, 5.41) is 0.414. The van der Waals surface area contributed by atoms with Gasteiger partial charge in [-0.1, -0.05) is 0 Å². The van der Waals surface area contributed by atoms with Crippen LogP contribution in [0.15, 0.2) is 55.0 Å². The van der Waals surface area contributed by atoms with E-state index in [1.165, 1.54) is 12.1 Å². The highest BCUT2D eigenvalue weighted by Crippen LogP contribution is 2.29. The SMILES string of the molecule is O=C1C=CC(=O)c2c1coc1c2oc(=O)c2cc(=O)ccc21. The molecule has 0 radical (unpaired) electrons. The molecule has 0 saturated heterocycles. The Labute approximate surface area is 121 Å². The molecule has 0 amide bonds. The molecule has 2 heterocycles. The second kappa shape index (κ2) is 4.11. The van der Waals surface area contributed by atoms with Gasteiger partial charge in [0, 0.05) is 11.5 Å². The summed E-state index contributed by atoms with van der Waals surface area (Å²) in [7, 11) is 0. The molecule has 3 aromatic rings. The van der Waals surface area contributed by atoms with Gasteiger partial charge in [-0.2, -0.15) is 0 Å². The van der Waals surface area contributed by atoms with Crippen LogP contribution in [0.25, 0.3) is 21.9 Å². The van der Waals surface area contributed by atoms with E-state index in [2.05, 4.69) is 0 Å². The third-order valence-corrected chi connectivity index (χ3v) is 3.55. The molecule has 0 spiro atoms. The summed E-state index contributed by atoms with van der Waals surface area (Å²) in [4.78, 5) is 47.3. The van der Waals surface area contributed by atoms with Crippen molar-refractivity contribution >= 4 is 33.5 Å². The third kappa shape index (κ3) is 1.54. The van der Waals surface area contributed by atoms with Gasteiger partial charge in [-0.3, -0.25) is 14.4 Å². The molecule has 6 nitrogen and oxygen atoms in total. The maximum absolute atomic E-state index is 12.1. The van der Waals surface area contributed by atoms with Gasteiger partial charge in [0.25, 0.3) is 0 Å². The van der Waals surface area contributed by atoms with Crippen LogP contribution in [0.3, 0.4) is 0 Å². The average molecular weight is 294 g/mol. The van der Waals surface area contributed by atoms with Crippen molar-refractivity contribution in [1.82, 2.24) is 0 Å². The number of carbonyl (C=O) groups excluding carboxylic acids is 2. The van der Waals surface area contributed by atoms with Gasteiger partial charge in [0.2, 0.25) is 0 Å². The molecular weight excluding hydrogens is 288 g/mol. The van der Waals surface area contributed by atoms with Crippen LogP contribution in [0, 0.1) is 0 Å². The zero-order chi connectivity index (χ0) is 15.4. The first-order chi connectivity index (χ1) is 10.6. The van der Waals surface area contributed by atoms with E-state index in [-0.39, 0.29) is 33.1 Å². The first-order valence-corrected chi connectivity index (χ1v) is 6.35. The highest BCUT2D eigenvalue weighted by molar-refractivity contribution is 6.26. The zero-order valence-corrected chi connectivity index (χ0v) is 10.9. The smallest absolute Gasteiger partial charge is 0.344 e. The second-order valence-electron chi connectivity index (χ2n) is 4.84. The van der Waals surface area contributed by atoms with Crippen molar-refractivity contribution in [3.63, 3.8) is 0 Å². The predicted molar refractivity (Wildman–Crippen MR) is 76.3 cm³/mol. The number of fused-ring (bicyclic) bond motifs is 5. The van der Waals surface area contributed by atoms with E-state index in [0.717, 1.165) is 24.5 Å². The molecule has 0 unspecified atom stereocenters. The zero-order valence-electron chi connectivity index (χ0n) is 10.9. The Bertz CT molecular complexity index is 1140. The molecule has 1 aromatic carbocycles. The summed E-state index contributed by atoms with van der Waals surface area (Å²) in [5.74, 6) is -0.851. The Morgan fingerprint density at radius 3 is 2.41 bits per heavy atom. The van der Waals surface area contributed by atoms with Crippen molar-refractivity contribution in [2.24, 2.45) is 0 Å². The highest BCUT2D eigenvalue weighted by Gasteiger charge is 2.26. The van der Waals surface area contributed by atoms with Crippen LogP contribution in [0.2, 0.25) is 0 Å². The molecule has 0 aliphatic heterocycles. The van der Waals surface area contributed by atoms with Crippen molar-refractivity contribution in [2.45, 2.75) is 0 Å². The minimum absolute atomic E-state index is 0.000972. The van der Waals surface area contributed by atoms with Gasteiger partial charge in [0.15, 0.2) is 28.2 Å². The quantitative estimate of drug-likeness (QED) is 0.587. The van der Waals surface area contributed by atoms with Gasteiger partial charge in [-0.25, -0.2) is 4.79 Å². The van der Waals surface area contributed by atoms with Crippen LogP contribution in [-0.4, -0.2) is 11.6 Å². The van der Waals surface area contributed by atoms with E-state index in [1.54, 1.807) is 0 Å². The number of rotatable bonds is 0. The topological polar surface area (TPSA) is 94.6 Å². The Morgan fingerprint density at radius 2 is 1.59 bits per heavy atom. The lowest BCUT2D eigenvalue weighted by molar-refractivity contribution is 0.0992. The third-order valence-electron chi connectivity index (χ3n) is 3.55. The summed E-state index contributed by atoms with van der Waals surface area (Å²) in [6.07, 6.45) is 3.41. The summed E-state index contributed by atoms with van der Waals surface area (Å²) < 4.78 is 10.5. The molecule has 6 heteroatoms. The molecule has 1 aliphatic carbocycles. The van der Waals surface area contributed by atoms with Gasteiger partial charge in [0.1, 0.15) is 6.26 Å². The predicted octanol–water partition coefficient (Wildman–Crippen LogP) is 1.83. The summed E-state index contributed by atoms with van der Waals surface area (Å²) in [5.41, 5.74) is -1.01. The van der Waals surface area contributed by atoms with Crippen molar-refractivity contribution < 1.29 is 18.4 Å². The van der Waals surface area contributed by atoms with Crippen molar-refractivity contribution in [2.75, 3.05) is 0 Å². The lowest BCUT2D eigenvalue weighted by atomic mass is 9.96. The van der Waals surface area contributed by atoms with Crippen LogP contribution in [0.4, 0.5) is 0 Å². The number of hydrogen-bond donors (Lipinski definition) is 0. The summed E-state index contributed by atoms with van der Waals surface area (Å²) in [6.45, 7) is 0. The first kappa shape index (κ1) is 12.5. The normalized spacial score (nSPS) is 13.8. The molecule has 0 saturated carbocycles. The Hall–Kier alpha value is -3.28. The van der Waals surface area contributed by atoms with Crippen LogP contribution < -0.4 is 11.1 Å². The molecule has 1 aliphatic rings. The molecule has 0 bridgehead atoms. The number of allylic oxidation sites excluding steroid dienone is 2. The van der Waals surface area contributed by atoms with Gasteiger partial charge in [-0.05, 0) is 24.3 Å². The van der Waals surface area contributed by atoms with Crippen molar-refractivity contribution in [3.05, 3.63) is 68.4 Å². The summed E-state index contributed by atoms with van der Waals surface area (Å²) in [6, 6.07) is 3.85. The fourth-order valence-corrected chi connectivity index (χ4v) is 2.54. The number of hydrogen-bond acceptors (Lipinski definition) is 6. The van der Waals surface area contributed by atoms with Crippen LogP contribution in [-0.2, 0) is 0 Å². The molecule has 0 N–H and O–H groups in total. The molecule has 0 atom stereocenters. The van der Waals surface area contributed by atoms with Crippen molar-refractivity contribution in [3.8, 4) is 0 Å². The molecular formula is C16H6O6. The van der Waals surface area contributed by atoms with E-state index in [9.17, 15) is 19.2 Å². The molecule has 106 valence electrons. The average Bonchev–Trinajstić information content (AvgIpc) is 2.50. The minimum atomic E-state index is -0.765. The molecule has 22 heavy (non-hydrogen) atoms. The summed E-state index contributed by atoms with van der Waals surface area (Å²) >= 11 is 0. The standard InChI is InChI=1S/C16H6O6/c17-7-1-2-8-9(5-7)16(20)22-15-13-10(6-21-14(8)15)11(18)3-4-12(13)19/h1-6H. The maximum atomic E-state index is 12.1.